The van der Waals surface area contributed by atoms with Crippen LogP contribution in [0.15, 0.2) is 18.2 Å². The summed E-state index contributed by atoms with van der Waals surface area (Å²) < 4.78 is 10.5. The third-order valence-electron chi connectivity index (χ3n) is 2.72. The summed E-state index contributed by atoms with van der Waals surface area (Å²) in [6.07, 6.45) is -0.574. The van der Waals surface area contributed by atoms with Gasteiger partial charge < -0.3 is 14.6 Å². The van der Waals surface area contributed by atoms with Crippen LogP contribution >= 0.6 is 0 Å². The number of hydrogen-bond acceptors (Lipinski definition) is 3. The molecule has 1 rings (SSSR count). The molecule has 0 aromatic heterocycles. The van der Waals surface area contributed by atoms with Crippen molar-refractivity contribution in [3.63, 3.8) is 0 Å². The number of rotatable bonds is 6. The Morgan fingerprint density at radius 2 is 1.94 bits per heavy atom. The molecule has 3 nitrogen and oxygen atoms in total. The van der Waals surface area contributed by atoms with Crippen LogP contribution in [0.1, 0.15) is 29.7 Å². The van der Waals surface area contributed by atoms with Gasteiger partial charge in [0.05, 0.1) is 19.3 Å². The van der Waals surface area contributed by atoms with E-state index in [0.717, 1.165) is 11.1 Å². The molecule has 2 atom stereocenters. The Balaban J connectivity index is 2.54. The van der Waals surface area contributed by atoms with Crippen molar-refractivity contribution >= 4 is 0 Å². The van der Waals surface area contributed by atoms with Gasteiger partial charge in [0.25, 0.3) is 0 Å². The summed E-state index contributed by atoms with van der Waals surface area (Å²) in [4.78, 5) is 0. The second-order valence-electron chi connectivity index (χ2n) is 4.48. The number of methoxy groups -OCH3 is 1. The van der Waals surface area contributed by atoms with E-state index in [1.54, 1.807) is 7.11 Å². The fourth-order valence-electron chi connectivity index (χ4n) is 1.83. The summed E-state index contributed by atoms with van der Waals surface area (Å²) in [6, 6.07) is 6.03. The highest BCUT2D eigenvalue weighted by atomic mass is 16.5. The van der Waals surface area contributed by atoms with Crippen LogP contribution in [0.5, 0.6) is 0 Å². The van der Waals surface area contributed by atoms with Crippen LogP contribution in [0.2, 0.25) is 0 Å². The Labute approximate surface area is 103 Å². The molecule has 0 heterocycles. The van der Waals surface area contributed by atoms with Gasteiger partial charge in [-0.3, -0.25) is 0 Å². The molecule has 0 aliphatic heterocycles. The first-order valence-corrected chi connectivity index (χ1v) is 5.90. The van der Waals surface area contributed by atoms with Gasteiger partial charge in [0.15, 0.2) is 0 Å². The normalized spacial score (nSPS) is 14.6. The molecule has 0 spiro atoms. The molecule has 0 saturated heterocycles. The molecule has 17 heavy (non-hydrogen) atoms. The van der Waals surface area contributed by atoms with Gasteiger partial charge in [0, 0.05) is 7.11 Å². The van der Waals surface area contributed by atoms with E-state index < -0.39 is 6.10 Å². The van der Waals surface area contributed by atoms with Gasteiger partial charge in [-0.2, -0.15) is 0 Å². The average molecular weight is 238 g/mol. The van der Waals surface area contributed by atoms with Gasteiger partial charge in [-0.25, -0.2) is 0 Å². The van der Waals surface area contributed by atoms with Crippen LogP contribution in [0.4, 0.5) is 0 Å². The second-order valence-corrected chi connectivity index (χ2v) is 4.48. The van der Waals surface area contributed by atoms with Crippen molar-refractivity contribution in [3.8, 4) is 0 Å². The largest absolute Gasteiger partial charge is 0.386 e. The Hall–Kier alpha value is -0.900. The maximum atomic E-state index is 10.0. The van der Waals surface area contributed by atoms with E-state index in [0.29, 0.717) is 13.2 Å². The highest BCUT2D eigenvalue weighted by molar-refractivity contribution is 5.31. The zero-order valence-electron chi connectivity index (χ0n) is 11.1. The quantitative estimate of drug-likeness (QED) is 0.827. The number of ether oxygens (including phenoxy) is 2. The maximum absolute atomic E-state index is 10.0. The summed E-state index contributed by atoms with van der Waals surface area (Å²) in [5, 5.41) is 10.0. The zero-order chi connectivity index (χ0) is 12.8. The van der Waals surface area contributed by atoms with Crippen LogP contribution in [-0.4, -0.2) is 31.5 Å². The number of aliphatic hydroxyl groups is 1. The zero-order valence-corrected chi connectivity index (χ0v) is 11.1. The predicted molar refractivity (Wildman–Crippen MR) is 68.2 cm³/mol. The van der Waals surface area contributed by atoms with Gasteiger partial charge in [-0.15, -0.1) is 0 Å². The first kappa shape index (κ1) is 14.2. The molecule has 1 aromatic carbocycles. The van der Waals surface area contributed by atoms with E-state index >= 15 is 0 Å². The van der Waals surface area contributed by atoms with E-state index in [2.05, 4.69) is 6.07 Å². The smallest absolute Gasteiger partial charge is 0.103 e. The van der Waals surface area contributed by atoms with E-state index in [-0.39, 0.29) is 6.10 Å². The summed E-state index contributed by atoms with van der Waals surface area (Å²) in [5.41, 5.74) is 3.23. The van der Waals surface area contributed by atoms with Crippen LogP contribution in [0.3, 0.4) is 0 Å². The molecule has 3 heteroatoms. The first-order chi connectivity index (χ1) is 8.04. The average Bonchev–Trinajstić information content (AvgIpc) is 2.26. The van der Waals surface area contributed by atoms with Crippen LogP contribution < -0.4 is 0 Å². The first-order valence-electron chi connectivity index (χ1n) is 5.90. The van der Waals surface area contributed by atoms with E-state index in [4.69, 9.17) is 9.47 Å². The Bertz CT molecular complexity index is 349. The molecule has 0 bridgehead atoms. The molecule has 1 aromatic rings. The molecule has 0 radical (unpaired) electrons. The number of benzene rings is 1. The van der Waals surface area contributed by atoms with Gasteiger partial charge in [0.1, 0.15) is 6.10 Å². The van der Waals surface area contributed by atoms with Gasteiger partial charge in [0.2, 0.25) is 0 Å². The molecule has 2 unspecified atom stereocenters. The minimum atomic E-state index is -0.574. The van der Waals surface area contributed by atoms with E-state index in [9.17, 15) is 5.11 Å². The molecular formula is C14H22O3. The summed E-state index contributed by atoms with van der Waals surface area (Å²) in [6.45, 7) is 6.82. The lowest BCUT2D eigenvalue weighted by Crippen LogP contribution is -2.19. The molecule has 1 N–H and O–H groups in total. The van der Waals surface area contributed by atoms with Crippen molar-refractivity contribution < 1.29 is 14.6 Å². The molecule has 0 fully saturated rings. The third kappa shape index (κ3) is 4.46. The highest BCUT2D eigenvalue weighted by Crippen LogP contribution is 2.19. The van der Waals surface area contributed by atoms with E-state index in [1.165, 1.54) is 5.56 Å². The summed E-state index contributed by atoms with van der Waals surface area (Å²) in [5.74, 6) is 0. The van der Waals surface area contributed by atoms with Gasteiger partial charge >= 0.3 is 0 Å². The monoisotopic (exact) mass is 238 g/mol. The second kappa shape index (κ2) is 6.74. The van der Waals surface area contributed by atoms with Crippen LogP contribution in [-0.2, 0) is 9.47 Å². The fraction of sp³-hybridized carbons (Fsp3) is 0.571. The fourth-order valence-corrected chi connectivity index (χ4v) is 1.83. The van der Waals surface area contributed by atoms with Crippen molar-refractivity contribution in [1.29, 1.82) is 0 Å². The molecule has 0 aliphatic carbocycles. The number of aliphatic hydroxyl groups excluding tert-OH is 1. The Morgan fingerprint density at radius 3 is 2.53 bits per heavy atom. The maximum Gasteiger partial charge on any atom is 0.103 e. The minimum absolute atomic E-state index is 0.000375. The highest BCUT2D eigenvalue weighted by Gasteiger charge is 2.12. The standard InChI is InChI=1S/C14H22O3/c1-10-5-6-13(11(2)7-10)14(15)9-17-12(3)8-16-4/h5-7,12,14-15H,8-9H2,1-4H3. The van der Waals surface area contributed by atoms with Gasteiger partial charge in [-0.05, 0) is 31.9 Å². The lowest BCUT2D eigenvalue weighted by atomic mass is 10.0. The van der Waals surface area contributed by atoms with Gasteiger partial charge in [-0.1, -0.05) is 23.8 Å². The lowest BCUT2D eigenvalue weighted by molar-refractivity contribution is -0.0327. The third-order valence-corrected chi connectivity index (χ3v) is 2.72. The SMILES string of the molecule is COCC(C)OCC(O)c1ccc(C)cc1C. The molecule has 0 saturated carbocycles. The van der Waals surface area contributed by atoms with Crippen molar-refractivity contribution in [1.82, 2.24) is 0 Å². The van der Waals surface area contributed by atoms with Crippen molar-refractivity contribution in [2.24, 2.45) is 0 Å². The number of aryl methyl sites for hydroxylation is 2. The summed E-state index contributed by atoms with van der Waals surface area (Å²) >= 11 is 0. The van der Waals surface area contributed by atoms with Crippen molar-refractivity contribution in [2.45, 2.75) is 33.0 Å². The lowest BCUT2D eigenvalue weighted by Gasteiger charge is -2.17. The van der Waals surface area contributed by atoms with E-state index in [1.807, 2.05) is 32.9 Å². The predicted octanol–water partition coefficient (Wildman–Crippen LogP) is 2.39. The molecule has 0 aliphatic rings. The summed E-state index contributed by atoms with van der Waals surface area (Å²) in [7, 11) is 1.64. The van der Waals surface area contributed by atoms with Crippen LogP contribution in [0, 0.1) is 13.8 Å². The molecule has 0 amide bonds. The Morgan fingerprint density at radius 1 is 1.24 bits per heavy atom. The Kier molecular flexibility index (Phi) is 5.62. The van der Waals surface area contributed by atoms with Crippen LogP contribution in [0.25, 0.3) is 0 Å². The minimum Gasteiger partial charge on any atom is -0.386 e. The topological polar surface area (TPSA) is 38.7 Å². The molecular weight excluding hydrogens is 216 g/mol. The van der Waals surface area contributed by atoms with Crippen molar-refractivity contribution in [3.05, 3.63) is 34.9 Å². The van der Waals surface area contributed by atoms with Crippen molar-refractivity contribution in [2.75, 3.05) is 20.3 Å². The number of hydrogen-bond donors (Lipinski definition) is 1. The molecule has 96 valence electrons.